The smallest absolute Gasteiger partial charge is 0.269 e. The van der Waals surface area contributed by atoms with E-state index >= 15 is 8.42 Å². The Morgan fingerprint density at radius 3 is 2.70 bits per heavy atom. The van der Waals surface area contributed by atoms with E-state index in [0.717, 1.165) is 102 Å². The summed E-state index contributed by atoms with van der Waals surface area (Å²) < 4.78 is 42.2. The molecule has 0 radical (unpaired) electrons. The molecular weight excluding hydrogens is 649 g/mol. The number of likely N-dealkylation sites (tertiary alicyclic amines) is 1. The highest BCUT2D eigenvalue weighted by Crippen LogP contribution is 2.55. The second kappa shape index (κ2) is 10.6. The van der Waals surface area contributed by atoms with E-state index in [1.54, 1.807) is 24.3 Å². The Hall–Kier alpha value is -4.83. The van der Waals surface area contributed by atoms with Gasteiger partial charge in [-0.25, -0.2) is 17.4 Å². The number of aromatic nitrogens is 6. The number of benzene rings is 2. The van der Waals surface area contributed by atoms with Crippen LogP contribution in [0.5, 0.6) is 0 Å². The fourth-order valence-corrected chi connectivity index (χ4v) is 10.4. The number of ether oxygens (including phenoxy) is 1. The van der Waals surface area contributed by atoms with E-state index in [2.05, 4.69) is 34.3 Å². The van der Waals surface area contributed by atoms with E-state index in [1.807, 2.05) is 41.1 Å². The number of fused-ring (bicyclic) bond motifs is 6. The van der Waals surface area contributed by atoms with Crippen molar-refractivity contribution in [3.8, 4) is 28.5 Å². The van der Waals surface area contributed by atoms with Crippen LogP contribution in [0.15, 0.2) is 72.0 Å². The molecule has 0 N–H and O–H groups in total. The molecule has 2 aromatic carbocycles. The molecule has 1 saturated carbocycles. The van der Waals surface area contributed by atoms with Gasteiger partial charge in [-0.15, -0.1) is 0 Å². The van der Waals surface area contributed by atoms with Crippen molar-refractivity contribution in [2.75, 3.05) is 19.6 Å². The number of nitrogens with zero attached hydrogens (tertiary/aromatic N) is 8. The summed E-state index contributed by atoms with van der Waals surface area (Å²) in [5.41, 5.74) is 6.98. The van der Waals surface area contributed by atoms with Crippen molar-refractivity contribution in [2.24, 2.45) is 12.5 Å². The third kappa shape index (κ3) is 4.26. The predicted molar refractivity (Wildman–Crippen MR) is 187 cm³/mol. The highest BCUT2D eigenvalue weighted by molar-refractivity contribution is 7.90. The molecule has 0 amide bonds. The maximum Gasteiger partial charge on any atom is 0.269 e. The SMILES string of the molecule is Cn1ncc2cc(-c3c(-c4cnn5c4CCC5)n(S(=O)(=O)c4ccccc4)c4ncc5c(c34)C3(CCN(CC4(CC#N)CC4)C3)OC5)ccc21. The molecule has 0 bridgehead atoms. The molecule has 1 spiro atoms. The fourth-order valence-electron chi connectivity index (χ4n) is 8.94. The van der Waals surface area contributed by atoms with Gasteiger partial charge in [-0.05, 0) is 67.3 Å². The lowest BCUT2D eigenvalue weighted by atomic mass is 9.86. The first-order valence-corrected chi connectivity index (χ1v) is 18.8. The van der Waals surface area contributed by atoms with Crippen LogP contribution in [0.3, 0.4) is 0 Å². The summed E-state index contributed by atoms with van der Waals surface area (Å²) in [6, 6.07) is 17.3. The zero-order valence-corrected chi connectivity index (χ0v) is 28.7. The van der Waals surface area contributed by atoms with Crippen LogP contribution in [0.4, 0.5) is 0 Å². The molecular formula is C38H36N8O3S. The van der Waals surface area contributed by atoms with Gasteiger partial charge in [0.15, 0.2) is 5.65 Å². The molecule has 7 heterocycles. The molecule has 252 valence electrons. The summed E-state index contributed by atoms with van der Waals surface area (Å²) >= 11 is 0. The Bertz CT molecular complexity index is 2520. The number of hydrogen-bond donors (Lipinski definition) is 0. The van der Waals surface area contributed by atoms with Gasteiger partial charge >= 0.3 is 0 Å². The van der Waals surface area contributed by atoms with Crippen LogP contribution in [0.25, 0.3) is 44.3 Å². The monoisotopic (exact) mass is 684 g/mol. The van der Waals surface area contributed by atoms with Crippen molar-refractivity contribution in [2.45, 2.75) is 62.2 Å². The van der Waals surface area contributed by atoms with Crippen LogP contribution < -0.4 is 0 Å². The highest BCUT2D eigenvalue weighted by atomic mass is 32.2. The molecule has 11 nitrogen and oxygen atoms in total. The Morgan fingerprint density at radius 2 is 1.88 bits per heavy atom. The minimum absolute atomic E-state index is 0.0721. The Balaban J connectivity index is 1.29. The van der Waals surface area contributed by atoms with Crippen LogP contribution in [0.1, 0.15) is 48.9 Å². The first-order chi connectivity index (χ1) is 24.3. The normalized spacial score (nSPS) is 21.0. The van der Waals surface area contributed by atoms with Gasteiger partial charge in [0.05, 0.1) is 41.2 Å². The lowest BCUT2D eigenvalue weighted by Gasteiger charge is -2.27. The minimum atomic E-state index is -4.13. The average Bonchev–Trinajstić information content (AvgIpc) is 3.75. The largest absolute Gasteiger partial charge is 0.364 e. The summed E-state index contributed by atoms with van der Waals surface area (Å²) in [7, 11) is -2.21. The van der Waals surface area contributed by atoms with E-state index in [1.165, 1.54) is 3.97 Å². The van der Waals surface area contributed by atoms with E-state index in [-0.39, 0.29) is 10.3 Å². The lowest BCUT2D eigenvalue weighted by Crippen LogP contribution is -2.34. The molecule has 6 aromatic rings. The highest BCUT2D eigenvalue weighted by Gasteiger charge is 2.52. The number of nitriles is 1. The van der Waals surface area contributed by atoms with Crippen molar-refractivity contribution < 1.29 is 13.2 Å². The maximum atomic E-state index is 15.0. The van der Waals surface area contributed by atoms with Gasteiger partial charge in [0.25, 0.3) is 10.0 Å². The molecule has 1 saturated heterocycles. The summed E-state index contributed by atoms with van der Waals surface area (Å²) in [5.74, 6) is 0. The van der Waals surface area contributed by atoms with Gasteiger partial charge in [0.2, 0.25) is 0 Å². The van der Waals surface area contributed by atoms with E-state index in [0.29, 0.717) is 30.9 Å². The topological polar surface area (TPSA) is 124 Å². The van der Waals surface area contributed by atoms with Crippen LogP contribution >= 0.6 is 0 Å². The molecule has 1 atom stereocenters. The Kier molecular flexibility index (Phi) is 6.36. The number of hydrogen-bond acceptors (Lipinski definition) is 8. The third-order valence-corrected chi connectivity index (χ3v) is 13.3. The Morgan fingerprint density at radius 1 is 1.02 bits per heavy atom. The van der Waals surface area contributed by atoms with E-state index in [4.69, 9.17) is 14.8 Å². The zero-order valence-electron chi connectivity index (χ0n) is 27.8. The summed E-state index contributed by atoms with van der Waals surface area (Å²) in [4.78, 5) is 7.65. The predicted octanol–water partition coefficient (Wildman–Crippen LogP) is 5.76. The van der Waals surface area contributed by atoms with Crippen LogP contribution in [0.2, 0.25) is 0 Å². The maximum absolute atomic E-state index is 15.0. The van der Waals surface area contributed by atoms with Crippen molar-refractivity contribution >= 4 is 32.0 Å². The van der Waals surface area contributed by atoms with Crippen molar-refractivity contribution in [3.63, 3.8) is 0 Å². The summed E-state index contributed by atoms with van der Waals surface area (Å²) in [6.07, 6.45) is 10.8. The standard InChI is InChI=1S/C38H36N8O3S/c1-43-30-10-9-25(18-26(30)20-41-43)32-33-34-27(22-49-38(34)14-17-44(24-38)23-37(11-12-37)13-15-39)19-40-36(33)46(50(47,48)28-6-3-2-4-7-28)35(32)29-21-42-45-16-5-8-31(29)45/h2-4,6-7,9-10,18-21H,5,8,11-14,16-17,22-24H2,1H3. The first-order valence-electron chi connectivity index (χ1n) is 17.4. The van der Waals surface area contributed by atoms with Crippen LogP contribution in [-0.2, 0) is 47.0 Å². The third-order valence-electron chi connectivity index (χ3n) is 11.6. The van der Waals surface area contributed by atoms with E-state index < -0.39 is 15.6 Å². The van der Waals surface area contributed by atoms with Crippen LogP contribution in [0, 0.1) is 16.7 Å². The molecule has 1 unspecified atom stereocenters. The quantitative estimate of drug-likeness (QED) is 0.208. The minimum Gasteiger partial charge on any atom is -0.364 e. The summed E-state index contributed by atoms with van der Waals surface area (Å²) in [5, 5.41) is 20.6. The number of pyridine rings is 1. The second-order valence-corrected chi connectivity index (χ2v) is 16.4. The van der Waals surface area contributed by atoms with Gasteiger partial charge in [-0.2, -0.15) is 15.5 Å². The van der Waals surface area contributed by atoms with Crippen molar-refractivity contribution in [1.29, 1.82) is 5.26 Å². The van der Waals surface area contributed by atoms with Crippen molar-refractivity contribution in [3.05, 3.63) is 83.9 Å². The molecule has 4 aliphatic rings. The molecule has 3 aliphatic heterocycles. The number of aryl methyl sites for hydroxylation is 2. The molecule has 2 fully saturated rings. The molecule has 1 aliphatic carbocycles. The Labute approximate surface area is 289 Å². The molecule has 10 rings (SSSR count). The van der Waals surface area contributed by atoms with Gasteiger partial charge in [-0.1, -0.05) is 24.3 Å². The van der Waals surface area contributed by atoms with Crippen molar-refractivity contribution in [1.82, 2.24) is 33.4 Å². The fraction of sp³-hybridized carbons (Fsp3) is 0.368. The van der Waals surface area contributed by atoms with Gasteiger partial charge < -0.3 is 4.74 Å². The van der Waals surface area contributed by atoms with Gasteiger partial charge in [0, 0.05) is 84.6 Å². The van der Waals surface area contributed by atoms with Crippen LogP contribution in [-0.4, -0.2) is 61.5 Å². The molecule has 4 aromatic heterocycles. The van der Waals surface area contributed by atoms with E-state index in [9.17, 15) is 5.26 Å². The number of rotatable bonds is 7. The first kappa shape index (κ1) is 30.0. The summed E-state index contributed by atoms with van der Waals surface area (Å²) in [6.45, 7) is 3.61. The van der Waals surface area contributed by atoms with Gasteiger partial charge in [-0.3, -0.25) is 14.3 Å². The van der Waals surface area contributed by atoms with Gasteiger partial charge in [0.1, 0.15) is 5.60 Å². The lowest BCUT2D eigenvalue weighted by molar-refractivity contribution is -0.0296. The zero-order chi connectivity index (χ0) is 33.8. The average molecular weight is 685 g/mol. The molecule has 12 heteroatoms. The second-order valence-electron chi connectivity index (χ2n) is 14.6. The molecule has 50 heavy (non-hydrogen) atoms.